The zero-order valence-corrected chi connectivity index (χ0v) is 16.4. The highest BCUT2D eigenvalue weighted by molar-refractivity contribution is 7.88. The van der Waals surface area contributed by atoms with Crippen LogP contribution in [0.15, 0.2) is 0 Å². The van der Waals surface area contributed by atoms with Crippen molar-refractivity contribution in [1.82, 2.24) is 4.31 Å². The maximum atomic E-state index is 12.5. The number of rotatable bonds is 1. The predicted octanol–water partition coefficient (Wildman–Crippen LogP) is 3.22. The monoisotopic (exact) mass is 365 g/mol. The van der Waals surface area contributed by atoms with Gasteiger partial charge in [0.1, 0.15) is 5.78 Å². The van der Waals surface area contributed by atoms with Crippen LogP contribution in [0.1, 0.15) is 64.7 Å². The van der Waals surface area contributed by atoms with Crippen LogP contribution in [0.3, 0.4) is 0 Å². The standard InChI is InChI=1S/C20H31NO3S/c1-18-6-3-7-20(13-21(12-18)25(2,23)24)16(18)5-9-19-8-4-14(10-17(19)20)15(22)11-19/h14,16-17H,3-13H2,1-2H3/t14-,16+,17?,18?,19+,20?/m0/s1. The summed E-state index contributed by atoms with van der Waals surface area (Å²) in [5.74, 6) is 1.99. The van der Waals surface area contributed by atoms with Gasteiger partial charge in [0.25, 0.3) is 0 Å². The Hall–Kier alpha value is -0.420. The molecule has 1 aliphatic heterocycles. The van der Waals surface area contributed by atoms with Crippen LogP contribution in [0.5, 0.6) is 0 Å². The average molecular weight is 366 g/mol. The molecule has 1 spiro atoms. The summed E-state index contributed by atoms with van der Waals surface area (Å²) in [6, 6.07) is 0. The van der Waals surface area contributed by atoms with Crippen LogP contribution in [0.25, 0.3) is 0 Å². The average Bonchev–Trinajstić information content (AvgIpc) is 2.52. The third-order valence-electron chi connectivity index (χ3n) is 9.26. The molecular weight excluding hydrogens is 334 g/mol. The van der Waals surface area contributed by atoms with Gasteiger partial charge in [-0.3, -0.25) is 4.79 Å². The van der Waals surface area contributed by atoms with Crippen molar-refractivity contribution in [2.24, 2.45) is 34.0 Å². The Morgan fingerprint density at radius 1 is 1.04 bits per heavy atom. The smallest absolute Gasteiger partial charge is 0.211 e. The molecule has 5 heteroatoms. The molecule has 1 heterocycles. The zero-order valence-electron chi connectivity index (χ0n) is 15.6. The largest absolute Gasteiger partial charge is 0.299 e. The third-order valence-corrected chi connectivity index (χ3v) is 10.5. The summed E-state index contributed by atoms with van der Waals surface area (Å²) in [4.78, 5) is 12.5. The van der Waals surface area contributed by atoms with Gasteiger partial charge in [0, 0.05) is 25.4 Å². The van der Waals surface area contributed by atoms with Gasteiger partial charge in [-0.2, -0.15) is 0 Å². The van der Waals surface area contributed by atoms with Gasteiger partial charge in [0.15, 0.2) is 0 Å². The van der Waals surface area contributed by atoms with E-state index in [1.54, 1.807) is 0 Å². The fourth-order valence-electron chi connectivity index (χ4n) is 8.37. The van der Waals surface area contributed by atoms with Gasteiger partial charge in [0.05, 0.1) is 6.26 Å². The van der Waals surface area contributed by atoms with E-state index in [1.807, 2.05) is 4.31 Å². The molecule has 25 heavy (non-hydrogen) atoms. The van der Waals surface area contributed by atoms with Gasteiger partial charge in [0.2, 0.25) is 10.0 Å². The van der Waals surface area contributed by atoms with Gasteiger partial charge in [-0.05, 0) is 73.0 Å². The molecule has 1 saturated heterocycles. The normalized spacial score (nSPS) is 52.6. The van der Waals surface area contributed by atoms with E-state index >= 15 is 0 Å². The topological polar surface area (TPSA) is 54.5 Å². The van der Waals surface area contributed by atoms with E-state index < -0.39 is 10.0 Å². The number of carbonyl (C=O) groups excluding carboxylic acids is 1. The molecule has 0 radical (unpaired) electrons. The molecule has 0 amide bonds. The van der Waals surface area contributed by atoms with Gasteiger partial charge >= 0.3 is 0 Å². The second-order valence-electron chi connectivity index (χ2n) is 10.4. The highest BCUT2D eigenvalue weighted by Crippen LogP contribution is 2.72. The van der Waals surface area contributed by atoms with E-state index in [4.69, 9.17) is 0 Å². The summed E-state index contributed by atoms with van der Waals surface area (Å²) in [5, 5.41) is 0. The van der Waals surface area contributed by atoms with E-state index in [0.29, 0.717) is 24.2 Å². The van der Waals surface area contributed by atoms with Crippen LogP contribution in [-0.4, -0.2) is 37.9 Å². The molecule has 0 aromatic carbocycles. The van der Waals surface area contributed by atoms with E-state index in [1.165, 1.54) is 38.4 Å². The quantitative estimate of drug-likeness (QED) is 0.717. The molecule has 5 saturated carbocycles. The number of hydrogen-bond acceptors (Lipinski definition) is 3. The number of Topliss-reactive ketones (excluding diaryl/α,β-unsaturated/α-hetero) is 1. The number of carbonyl (C=O) groups is 1. The first-order valence-corrected chi connectivity index (χ1v) is 12.0. The first-order chi connectivity index (χ1) is 11.7. The number of hydrogen-bond donors (Lipinski definition) is 0. The van der Waals surface area contributed by atoms with E-state index in [2.05, 4.69) is 6.92 Å². The Morgan fingerprint density at radius 2 is 1.80 bits per heavy atom. The number of nitrogens with zero attached hydrogens (tertiary/aromatic N) is 1. The molecule has 6 rings (SSSR count). The Balaban J connectivity index is 1.62. The minimum atomic E-state index is -3.16. The highest BCUT2D eigenvalue weighted by Gasteiger charge is 2.68. The minimum absolute atomic E-state index is 0.127. The van der Waals surface area contributed by atoms with Crippen molar-refractivity contribution >= 4 is 15.8 Å². The van der Waals surface area contributed by atoms with Crippen molar-refractivity contribution in [2.75, 3.05) is 19.3 Å². The predicted molar refractivity (Wildman–Crippen MR) is 96.4 cm³/mol. The van der Waals surface area contributed by atoms with Crippen LogP contribution >= 0.6 is 0 Å². The molecule has 0 aromatic heterocycles. The second kappa shape index (κ2) is 4.89. The summed E-state index contributed by atoms with van der Waals surface area (Å²) >= 11 is 0. The fraction of sp³-hybridized carbons (Fsp3) is 0.950. The van der Waals surface area contributed by atoms with Crippen molar-refractivity contribution in [1.29, 1.82) is 0 Å². The zero-order chi connectivity index (χ0) is 17.7. The summed E-state index contributed by atoms with van der Waals surface area (Å²) in [6.07, 6.45) is 11.5. The third kappa shape index (κ3) is 2.08. The molecule has 3 unspecified atom stereocenters. The second-order valence-corrected chi connectivity index (χ2v) is 12.4. The van der Waals surface area contributed by atoms with Crippen LogP contribution in [0.2, 0.25) is 0 Å². The van der Waals surface area contributed by atoms with Crippen molar-refractivity contribution in [2.45, 2.75) is 64.7 Å². The molecule has 6 aliphatic rings. The molecule has 6 fully saturated rings. The van der Waals surface area contributed by atoms with Gasteiger partial charge in [-0.15, -0.1) is 0 Å². The molecule has 6 atom stereocenters. The lowest BCUT2D eigenvalue weighted by Gasteiger charge is -2.71. The Morgan fingerprint density at radius 3 is 2.52 bits per heavy atom. The summed E-state index contributed by atoms with van der Waals surface area (Å²) in [6.45, 7) is 3.78. The molecule has 4 bridgehead atoms. The van der Waals surface area contributed by atoms with Crippen LogP contribution in [0.4, 0.5) is 0 Å². The van der Waals surface area contributed by atoms with Gasteiger partial charge in [-0.25, -0.2) is 12.7 Å². The number of ketones is 1. The number of fused-ring (bicyclic) bond motifs is 2. The maximum Gasteiger partial charge on any atom is 0.211 e. The summed E-state index contributed by atoms with van der Waals surface area (Å²) in [5.41, 5.74) is 0.453. The lowest BCUT2D eigenvalue weighted by molar-refractivity contribution is -0.212. The van der Waals surface area contributed by atoms with Crippen LogP contribution in [-0.2, 0) is 14.8 Å². The SMILES string of the molecule is CC12CCCC3(CN(S(C)(=O)=O)C1)C1C[C@@H]4CC[C@@]1(CC[C@H]23)CC4=O. The number of sulfonamides is 1. The van der Waals surface area contributed by atoms with Gasteiger partial charge in [-0.1, -0.05) is 13.3 Å². The molecular formula is C20H31NO3S. The molecule has 0 N–H and O–H groups in total. The maximum absolute atomic E-state index is 12.5. The lowest BCUT2D eigenvalue weighted by Crippen LogP contribution is -2.69. The first-order valence-electron chi connectivity index (χ1n) is 10.2. The van der Waals surface area contributed by atoms with Gasteiger partial charge < -0.3 is 0 Å². The number of piperidine rings is 1. The molecule has 140 valence electrons. The molecule has 5 aliphatic carbocycles. The minimum Gasteiger partial charge on any atom is -0.299 e. The lowest BCUT2D eigenvalue weighted by atomic mass is 9.36. The van der Waals surface area contributed by atoms with Crippen molar-refractivity contribution in [3.63, 3.8) is 0 Å². The highest BCUT2D eigenvalue weighted by atomic mass is 32.2. The van der Waals surface area contributed by atoms with Crippen LogP contribution < -0.4 is 0 Å². The fourth-order valence-corrected chi connectivity index (χ4v) is 9.38. The van der Waals surface area contributed by atoms with E-state index in [-0.39, 0.29) is 22.2 Å². The summed E-state index contributed by atoms with van der Waals surface area (Å²) in [7, 11) is -3.16. The molecule has 0 aromatic rings. The first kappa shape index (κ1) is 16.7. The van der Waals surface area contributed by atoms with Crippen molar-refractivity contribution in [3.05, 3.63) is 0 Å². The van der Waals surface area contributed by atoms with Crippen molar-refractivity contribution < 1.29 is 13.2 Å². The Bertz CT molecular complexity index is 733. The Kier molecular flexibility index (Phi) is 3.27. The van der Waals surface area contributed by atoms with E-state index in [9.17, 15) is 13.2 Å². The molecule has 4 nitrogen and oxygen atoms in total. The van der Waals surface area contributed by atoms with Crippen LogP contribution in [0, 0.1) is 34.0 Å². The van der Waals surface area contributed by atoms with Crippen molar-refractivity contribution in [3.8, 4) is 0 Å². The summed E-state index contributed by atoms with van der Waals surface area (Å²) < 4.78 is 26.8. The van der Waals surface area contributed by atoms with E-state index in [0.717, 1.165) is 32.2 Å². The Labute approximate surface area is 151 Å².